The first-order valence-electron chi connectivity index (χ1n) is 13.8. The maximum atomic E-state index is 13.4. The zero-order valence-corrected chi connectivity index (χ0v) is 23.5. The van der Waals surface area contributed by atoms with Gasteiger partial charge in [-0.25, -0.2) is 4.79 Å². The third-order valence-electron chi connectivity index (χ3n) is 7.09. The predicted molar refractivity (Wildman–Crippen MR) is 153 cm³/mol. The fourth-order valence-corrected chi connectivity index (χ4v) is 4.39. The molecule has 41 heavy (non-hydrogen) atoms. The Morgan fingerprint density at radius 3 is 2.24 bits per heavy atom. The minimum atomic E-state index is -1.25. The Morgan fingerprint density at radius 1 is 0.927 bits per heavy atom. The molecule has 13 nitrogen and oxygen atoms in total. The Labute approximate surface area is 238 Å². The molecular formula is C28H42N6O7. The number of aromatic amines is 1. The summed E-state index contributed by atoms with van der Waals surface area (Å²) in [5, 5.41) is 27.4. The lowest BCUT2D eigenvalue weighted by molar-refractivity contribution is -0.142. The molecule has 5 atom stereocenters. The molecule has 5 unspecified atom stereocenters. The van der Waals surface area contributed by atoms with Crippen LogP contribution in [0, 0.1) is 5.92 Å². The minimum Gasteiger partial charge on any atom is -0.481 e. The van der Waals surface area contributed by atoms with E-state index in [0.29, 0.717) is 25.8 Å². The number of nitrogens with one attached hydrogen (secondary N) is 4. The molecule has 0 spiro atoms. The molecule has 0 aliphatic carbocycles. The summed E-state index contributed by atoms with van der Waals surface area (Å²) in [6, 6.07) is 2.90. The monoisotopic (exact) mass is 574 g/mol. The van der Waals surface area contributed by atoms with Gasteiger partial charge in [0.25, 0.3) is 0 Å². The van der Waals surface area contributed by atoms with E-state index < -0.39 is 53.8 Å². The number of nitrogens with two attached hydrogens (primary N) is 2. The van der Waals surface area contributed by atoms with Crippen molar-refractivity contribution in [3.05, 3.63) is 36.0 Å². The van der Waals surface area contributed by atoms with E-state index in [9.17, 15) is 29.1 Å². The average molecular weight is 575 g/mol. The summed E-state index contributed by atoms with van der Waals surface area (Å²) in [4.78, 5) is 65.3. The summed E-state index contributed by atoms with van der Waals surface area (Å²) in [7, 11) is 0. The van der Waals surface area contributed by atoms with Crippen LogP contribution in [-0.4, -0.2) is 75.6 Å². The number of benzene rings is 1. The maximum Gasteiger partial charge on any atom is 0.326 e. The molecule has 0 saturated carbocycles. The zero-order valence-electron chi connectivity index (χ0n) is 23.5. The van der Waals surface area contributed by atoms with Gasteiger partial charge >= 0.3 is 11.9 Å². The number of carboxylic acid groups (broad SMARTS) is 2. The first-order valence-corrected chi connectivity index (χ1v) is 13.8. The van der Waals surface area contributed by atoms with E-state index in [1.807, 2.05) is 31.2 Å². The van der Waals surface area contributed by atoms with Gasteiger partial charge in [0, 0.05) is 29.9 Å². The Hall–Kier alpha value is -3.97. The third-order valence-corrected chi connectivity index (χ3v) is 7.09. The van der Waals surface area contributed by atoms with E-state index in [-0.39, 0.29) is 31.6 Å². The number of rotatable bonds is 18. The van der Waals surface area contributed by atoms with Crippen LogP contribution < -0.4 is 27.4 Å². The van der Waals surface area contributed by atoms with Crippen molar-refractivity contribution in [2.75, 3.05) is 6.54 Å². The van der Waals surface area contributed by atoms with Gasteiger partial charge in [-0.3, -0.25) is 19.2 Å². The van der Waals surface area contributed by atoms with Crippen LogP contribution in [-0.2, 0) is 30.4 Å². The number of amides is 3. The molecule has 1 heterocycles. The van der Waals surface area contributed by atoms with Crippen LogP contribution in [0.5, 0.6) is 0 Å². The molecule has 0 aliphatic rings. The van der Waals surface area contributed by atoms with Gasteiger partial charge in [-0.2, -0.15) is 0 Å². The van der Waals surface area contributed by atoms with E-state index in [2.05, 4.69) is 20.9 Å². The number of unbranched alkanes of at least 4 members (excludes halogenated alkanes) is 1. The number of carbonyl (C=O) groups excluding carboxylic acids is 3. The van der Waals surface area contributed by atoms with Gasteiger partial charge in [0.1, 0.15) is 18.1 Å². The Balaban J connectivity index is 2.17. The lowest BCUT2D eigenvalue weighted by Gasteiger charge is -2.28. The van der Waals surface area contributed by atoms with E-state index in [1.165, 1.54) is 0 Å². The summed E-state index contributed by atoms with van der Waals surface area (Å²) in [6.45, 7) is 3.97. The Kier molecular flexibility index (Phi) is 13.2. The molecule has 2 rings (SSSR count). The molecule has 0 radical (unpaired) electrons. The number of aliphatic carboxylic acids is 2. The van der Waals surface area contributed by atoms with Gasteiger partial charge in [0.05, 0.1) is 6.04 Å². The molecule has 2 aromatic rings. The predicted octanol–water partition coefficient (Wildman–Crippen LogP) is 0.617. The summed E-state index contributed by atoms with van der Waals surface area (Å²) in [6.07, 6.45) is 3.13. The molecule has 0 bridgehead atoms. The van der Waals surface area contributed by atoms with Gasteiger partial charge in [0.15, 0.2) is 0 Å². The normalized spacial score (nSPS) is 14.8. The number of carbonyl (C=O) groups is 5. The third kappa shape index (κ3) is 10.2. The van der Waals surface area contributed by atoms with Gasteiger partial charge in [-0.1, -0.05) is 38.5 Å². The average Bonchev–Trinajstić information content (AvgIpc) is 3.35. The number of H-pyrrole nitrogens is 1. The smallest absolute Gasteiger partial charge is 0.326 e. The summed E-state index contributed by atoms with van der Waals surface area (Å²) >= 11 is 0. The fraction of sp³-hybridized carbons (Fsp3) is 0.536. The van der Waals surface area contributed by atoms with Crippen LogP contribution in [0.2, 0.25) is 0 Å². The second-order valence-electron chi connectivity index (χ2n) is 10.2. The van der Waals surface area contributed by atoms with Crippen molar-refractivity contribution in [3.8, 4) is 0 Å². The molecule has 10 N–H and O–H groups in total. The van der Waals surface area contributed by atoms with Crippen molar-refractivity contribution in [3.63, 3.8) is 0 Å². The fourth-order valence-electron chi connectivity index (χ4n) is 4.39. The van der Waals surface area contributed by atoms with Crippen molar-refractivity contribution in [2.24, 2.45) is 17.4 Å². The molecular weight excluding hydrogens is 532 g/mol. The quantitative estimate of drug-likeness (QED) is 0.116. The van der Waals surface area contributed by atoms with E-state index >= 15 is 0 Å². The minimum absolute atomic E-state index is 0.0261. The van der Waals surface area contributed by atoms with Crippen molar-refractivity contribution in [2.45, 2.75) is 83.0 Å². The van der Waals surface area contributed by atoms with Gasteiger partial charge < -0.3 is 42.6 Å². The maximum absolute atomic E-state index is 13.4. The molecule has 1 aromatic heterocycles. The number of fused-ring (bicyclic) bond motifs is 1. The molecule has 0 aliphatic heterocycles. The van der Waals surface area contributed by atoms with Crippen LogP contribution in [0.1, 0.15) is 57.9 Å². The van der Waals surface area contributed by atoms with Crippen molar-refractivity contribution >= 4 is 40.6 Å². The highest BCUT2D eigenvalue weighted by Gasteiger charge is 2.33. The summed E-state index contributed by atoms with van der Waals surface area (Å²) < 4.78 is 0. The lowest BCUT2D eigenvalue weighted by Crippen LogP contribution is -2.58. The van der Waals surface area contributed by atoms with Crippen LogP contribution >= 0.6 is 0 Å². The van der Waals surface area contributed by atoms with Crippen molar-refractivity contribution < 1.29 is 34.2 Å². The number of hydrogen-bond acceptors (Lipinski definition) is 7. The lowest BCUT2D eigenvalue weighted by atomic mass is 9.96. The summed E-state index contributed by atoms with van der Waals surface area (Å²) in [5.74, 6) is -4.67. The zero-order chi connectivity index (χ0) is 30.5. The van der Waals surface area contributed by atoms with Crippen molar-refractivity contribution in [1.29, 1.82) is 0 Å². The van der Waals surface area contributed by atoms with Crippen LogP contribution in [0.25, 0.3) is 10.9 Å². The van der Waals surface area contributed by atoms with E-state index in [1.54, 1.807) is 13.1 Å². The van der Waals surface area contributed by atoms with Gasteiger partial charge in [-0.15, -0.1) is 0 Å². The Bertz CT molecular complexity index is 1200. The van der Waals surface area contributed by atoms with E-state index in [4.69, 9.17) is 16.6 Å². The van der Waals surface area contributed by atoms with Gasteiger partial charge in [0.2, 0.25) is 17.7 Å². The van der Waals surface area contributed by atoms with Crippen LogP contribution in [0.15, 0.2) is 30.5 Å². The standard InChI is InChI=1S/C28H42N6O7/c1-3-16(2)24(27(39)33-22(28(40)41)14-17-15-31-20-9-5-4-8-18(17)20)34-26(38)21(10-6-7-13-29)32-25(37)19(30)11-12-23(35)36/h4-5,8-9,15-16,19,21-22,24,31H,3,6-7,10-14,29-30H2,1-2H3,(H,32,37)(H,33,39)(H,34,38)(H,35,36)(H,40,41). The molecule has 0 fully saturated rings. The van der Waals surface area contributed by atoms with E-state index in [0.717, 1.165) is 16.5 Å². The topological polar surface area (TPSA) is 230 Å². The second kappa shape index (κ2) is 16.3. The summed E-state index contributed by atoms with van der Waals surface area (Å²) in [5.41, 5.74) is 12.9. The second-order valence-corrected chi connectivity index (χ2v) is 10.2. The highest BCUT2D eigenvalue weighted by atomic mass is 16.4. The number of para-hydroxylation sites is 1. The molecule has 13 heteroatoms. The van der Waals surface area contributed by atoms with Crippen LogP contribution in [0.4, 0.5) is 0 Å². The number of aromatic nitrogens is 1. The Morgan fingerprint density at radius 2 is 1.61 bits per heavy atom. The molecule has 0 saturated heterocycles. The number of carboxylic acids is 2. The SMILES string of the molecule is CCC(C)C(NC(=O)C(CCCCN)NC(=O)C(N)CCC(=O)O)C(=O)NC(Cc1c[nH]c2ccccc12)C(=O)O. The van der Waals surface area contributed by atoms with Crippen molar-refractivity contribution in [1.82, 2.24) is 20.9 Å². The first kappa shape index (κ1) is 33.2. The molecule has 226 valence electrons. The van der Waals surface area contributed by atoms with Gasteiger partial charge in [-0.05, 0) is 49.8 Å². The number of hydrogen-bond donors (Lipinski definition) is 8. The molecule has 1 aromatic carbocycles. The first-order chi connectivity index (χ1) is 19.5. The molecule has 3 amide bonds. The largest absolute Gasteiger partial charge is 0.481 e. The van der Waals surface area contributed by atoms with Crippen LogP contribution in [0.3, 0.4) is 0 Å². The highest BCUT2D eigenvalue weighted by molar-refractivity contribution is 5.94. The highest BCUT2D eigenvalue weighted by Crippen LogP contribution is 2.19.